The van der Waals surface area contributed by atoms with Gasteiger partial charge in [-0.25, -0.2) is 4.39 Å². The maximum absolute atomic E-state index is 15.1. The number of fused-ring (bicyclic) bond motifs is 7. The molecule has 3 aliphatic rings. The van der Waals surface area contributed by atoms with Crippen molar-refractivity contribution in [3.63, 3.8) is 0 Å². The zero-order valence-corrected chi connectivity index (χ0v) is 24.9. The summed E-state index contributed by atoms with van der Waals surface area (Å²) in [6.45, 7) is 1.45. The van der Waals surface area contributed by atoms with Crippen LogP contribution in [0.5, 0.6) is 23.0 Å². The second-order valence-electron chi connectivity index (χ2n) is 10.9. The predicted molar refractivity (Wildman–Crippen MR) is 164 cm³/mol. The summed E-state index contributed by atoms with van der Waals surface area (Å²) in [6.07, 6.45) is 1.20. The summed E-state index contributed by atoms with van der Waals surface area (Å²) >= 11 is 0. The van der Waals surface area contributed by atoms with Gasteiger partial charge in [0.2, 0.25) is 0 Å². The Balaban J connectivity index is 1.32. The minimum absolute atomic E-state index is 0.0923. The molecule has 3 aromatic carbocycles. The van der Waals surface area contributed by atoms with Crippen LogP contribution in [0.1, 0.15) is 21.6 Å². The van der Waals surface area contributed by atoms with E-state index in [-0.39, 0.29) is 18.1 Å². The average molecular weight is 613 g/mol. The van der Waals surface area contributed by atoms with Gasteiger partial charge in [-0.1, -0.05) is 30.3 Å². The number of amides is 2. The number of rotatable bonds is 4. The number of hydrogen-bond donors (Lipinski definition) is 2. The molecule has 3 aliphatic heterocycles. The molecule has 0 aliphatic carbocycles. The Morgan fingerprint density at radius 1 is 0.956 bits per heavy atom. The van der Waals surface area contributed by atoms with Gasteiger partial charge in [-0.15, -0.1) is 0 Å². The number of halogens is 1. The lowest BCUT2D eigenvalue weighted by atomic mass is 10.0. The summed E-state index contributed by atoms with van der Waals surface area (Å²) in [6, 6.07) is 20.1. The molecule has 0 unspecified atom stereocenters. The number of carbonyl (C=O) groups excluding carboxylic acids is 2. The number of benzene rings is 3. The Morgan fingerprint density at radius 2 is 1.78 bits per heavy atom. The number of aromatic nitrogens is 1. The van der Waals surface area contributed by atoms with Gasteiger partial charge < -0.3 is 29.6 Å². The minimum atomic E-state index is -0.643. The van der Waals surface area contributed by atoms with Crippen LogP contribution in [0.4, 0.5) is 4.39 Å². The normalized spacial score (nSPS) is 18.6. The maximum Gasteiger partial charge on any atom is 0.258 e. The largest absolute Gasteiger partial charge is 0.493 e. The van der Waals surface area contributed by atoms with E-state index in [1.807, 2.05) is 30.3 Å². The molecule has 1 aromatic heterocycles. The van der Waals surface area contributed by atoms with Crippen molar-refractivity contribution in [2.24, 2.45) is 0 Å². The van der Waals surface area contributed by atoms with Crippen LogP contribution in [-0.2, 0) is 17.9 Å². The average Bonchev–Trinajstić information content (AvgIpc) is 3.42. The lowest BCUT2D eigenvalue weighted by molar-refractivity contribution is -0.123. The van der Waals surface area contributed by atoms with E-state index in [0.29, 0.717) is 66.0 Å². The Bertz CT molecular complexity index is 1700. The molecule has 7 rings (SSSR count). The number of pyridine rings is 1. The first kappa shape index (κ1) is 29.9. The smallest absolute Gasteiger partial charge is 0.258 e. The highest BCUT2D eigenvalue weighted by Crippen LogP contribution is 2.31. The molecule has 232 valence electrons. The molecule has 11 heteroatoms. The van der Waals surface area contributed by atoms with Gasteiger partial charge in [-0.2, -0.15) is 0 Å². The highest BCUT2D eigenvalue weighted by molar-refractivity contribution is 5.96. The van der Waals surface area contributed by atoms with Gasteiger partial charge in [-0.3, -0.25) is 19.5 Å². The van der Waals surface area contributed by atoms with Gasteiger partial charge in [0.05, 0.1) is 25.8 Å². The van der Waals surface area contributed by atoms with Crippen LogP contribution >= 0.6 is 0 Å². The van der Waals surface area contributed by atoms with E-state index in [9.17, 15) is 9.59 Å². The molecule has 1 fully saturated rings. The SMILES string of the molecule is COc1ccnc(CN2C[C@@H]3NC(=O)c4cc(ccc4F)-c4cccc(c4)OCC(=O)NCc4ccc(cc4)O[C@H]3C2)c1OC. The third-order valence-corrected chi connectivity index (χ3v) is 7.85. The van der Waals surface area contributed by atoms with Crippen LogP contribution in [0.25, 0.3) is 11.1 Å². The number of carbonyl (C=O) groups is 2. The van der Waals surface area contributed by atoms with E-state index < -0.39 is 23.9 Å². The fraction of sp³-hybridized carbons (Fsp3) is 0.265. The summed E-state index contributed by atoms with van der Waals surface area (Å²) in [7, 11) is 3.13. The molecule has 2 amide bonds. The van der Waals surface area contributed by atoms with Crippen molar-refractivity contribution in [1.29, 1.82) is 0 Å². The number of ether oxygens (including phenoxy) is 4. The summed E-state index contributed by atoms with van der Waals surface area (Å²) in [5.74, 6) is 0.703. The van der Waals surface area contributed by atoms with Crippen molar-refractivity contribution in [3.8, 4) is 34.1 Å². The number of nitrogens with zero attached hydrogens (tertiary/aromatic N) is 2. The van der Waals surface area contributed by atoms with Crippen molar-refractivity contribution in [1.82, 2.24) is 20.5 Å². The third-order valence-electron chi connectivity index (χ3n) is 7.85. The quantitative estimate of drug-likeness (QED) is 0.356. The number of hydrogen-bond acceptors (Lipinski definition) is 8. The van der Waals surface area contributed by atoms with E-state index in [0.717, 1.165) is 5.56 Å². The molecule has 1 saturated heterocycles. The zero-order valence-electron chi connectivity index (χ0n) is 24.9. The first-order valence-corrected chi connectivity index (χ1v) is 14.5. The van der Waals surface area contributed by atoms with Gasteiger partial charge in [0.15, 0.2) is 18.1 Å². The molecule has 4 heterocycles. The maximum atomic E-state index is 15.1. The topological polar surface area (TPSA) is 111 Å². The van der Waals surface area contributed by atoms with E-state index in [1.165, 1.54) is 12.1 Å². The molecule has 2 atom stereocenters. The van der Waals surface area contributed by atoms with Crippen molar-refractivity contribution < 1.29 is 32.9 Å². The lowest BCUT2D eigenvalue weighted by Crippen LogP contribution is -2.45. The summed E-state index contributed by atoms with van der Waals surface area (Å²) in [5, 5.41) is 5.89. The third kappa shape index (κ3) is 6.83. The summed E-state index contributed by atoms with van der Waals surface area (Å²) < 4.78 is 38.2. The number of methoxy groups -OCH3 is 2. The Morgan fingerprint density at radius 3 is 2.58 bits per heavy atom. The van der Waals surface area contributed by atoms with E-state index in [4.69, 9.17) is 18.9 Å². The first-order valence-electron chi connectivity index (χ1n) is 14.5. The van der Waals surface area contributed by atoms with Crippen molar-refractivity contribution >= 4 is 11.8 Å². The number of nitrogens with one attached hydrogen (secondary N) is 2. The molecule has 4 aromatic rings. The highest BCUT2D eigenvalue weighted by Gasteiger charge is 2.37. The highest BCUT2D eigenvalue weighted by atomic mass is 19.1. The molecule has 0 radical (unpaired) electrons. The van der Waals surface area contributed by atoms with Crippen LogP contribution in [0, 0.1) is 5.82 Å². The zero-order chi connectivity index (χ0) is 31.3. The second-order valence-corrected chi connectivity index (χ2v) is 10.9. The van der Waals surface area contributed by atoms with Crippen LogP contribution in [0.15, 0.2) is 79.0 Å². The van der Waals surface area contributed by atoms with E-state index in [1.54, 1.807) is 50.7 Å². The van der Waals surface area contributed by atoms with Gasteiger partial charge in [-0.05, 0) is 53.1 Å². The van der Waals surface area contributed by atoms with Gasteiger partial charge >= 0.3 is 0 Å². The van der Waals surface area contributed by atoms with Crippen LogP contribution < -0.4 is 29.6 Å². The fourth-order valence-electron chi connectivity index (χ4n) is 5.57. The summed E-state index contributed by atoms with van der Waals surface area (Å²) in [4.78, 5) is 32.7. The second kappa shape index (κ2) is 13.2. The van der Waals surface area contributed by atoms with Crippen molar-refractivity contribution in [2.45, 2.75) is 25.2 Å². The molecule has 6 bridgehead atoms. The molecule has 10 nitrogen and oxygen atoms in total. The van der Waals surface area contributed by atoms with Gasteiger partial charge in [0.1, 0.15) is 29.1 Å². The minimum Gasteiger partial charge on any atom is -0.493 e. The van der Waals surface area contributed by atoms with Crippen molar-refractivity contribution in [3.05, 3.63) is 102 Å². The van der Waals surface area contributed by atoms with Gasteiger partial charge in [0, 0.05) is 38.4 Å². The monoisotopic (exact) mass is 612 g/mol. The Kier molecular flexibility index (Phi) is 8.79. The molecule has 0 saturated carbocycles. The predicted octanol–water partition coefficient (Wildman–Crippen LogP) is 3.98. The summed E-state index contributed by atoms with van der Waals surface area (Å²) in [5.41, 5.74) is 2.81. The van der Waals surface area contributed by atoms with Crippen LogP contribution in [0.2, 0.25) is 0 Å². The number of likely N-dealkylation sites (tertiary alicyclic amines) is 1. The van der Waals surface area contributed by atoms with Crippen LogP contribution in [-0.4, -0.2) is 67.8 Å². The van der Waals surface area contributed by atoms with Crippen molar-refractivity contribution in [2.75, 3.05) is 33.9 Å². The lowest BCUT2D eigenvalue weighted by Gasteiger charge is -2.22. The first-order chi connectivity index (χ1) is 21.9. The van der Waals surface area contributed by atoms with E-state index in [2.05, 4.69) is 20.5 Å². The fourth-order valence-corrected chi connectivity index (χ4v) is 5.57. The molecule has 0 spiro atoms. The van der Waals surface area contributed by atoms with E-state index >= 15 is 4.39 Å². The Hall–Kier alpha value is -5.16. The molecule has 45 heavy (non-hydrogen) atoms. The molecular formula is C34H33FN4O6. The standard InChI is InChI=1S/C34H33FN4O6/c1-42-30-12-13-36-29(33(30)43-2)18-39-17-28-31(19-39)45-24-9-6-21(7-10-24)16-37-32(40)20-44-25-5-3-4-22(14-25)23-8-11-27(35)26(15-23)34(41)38-28/h3-15,28,31H,16-20H2,1-2H3,(H,37,40)(H,38,41)/t28-,31-/m0/s1. The molecule has 2 N–H and O–H groups in total. The Labute approximate surface area is 260 Å². The van der Waals surface area contributed by atoms with Gasteiger partial charge in [0.25, 0.3) is 11.8 Å². The molecular weight excluding hydrogens is 579 g/mol. The van der Waals surface area contributed by atoms with Crippen LogP contribution in [0.3, 0.4) is 0 Å².